The summed E-state index contributed by atoms with van der Waals surface area (Å²) >= 11 is 1.67. The molecule has 3 rings (SSSR count). The van der Waals surface area contributed by atoms with Crippen LogP contribution in [0.1, 0.15) is 30.6 Å². The first-order valence-electron chi connectivity index (χ1n) is 6.73. The normalized spacial score (nSPS) is 24.7. The summed E-state index contributed by atoms with van der Waals surface area (Å²) in [7, 11) is -3.08. The average Bonchev–Trinajstić information content (AvgIpc) is 3.13. The van der Waals surface area contributed by atoms with Crippen molar-refractivity contribution in [2.45, 2.75) is 43.9 Å². The van der Waals surface area contributed by atoms with Crippen LogP contribution in [0.2, 0.25) is 0 Å². The molecule has 1 saturated carbocycles. The van der Waals surface area contributed by atoms with Gasteiger partial charge in [-0.15, -0.1) is 11.3 Å². The molecule has 1 atom stereocenters. The van der Waals surface area contributed by atoms with E-state index in [-0.39, 0.29) is 11.3 Å². The van der Waals surface area contributed by atoms with Gasteiger partial charge in [0.2, 0.25) is 10.0 Å². The molecule has 2 fully saturated rings. The number of hydrogen-bond donors (Lipinski definition) is 1. The highest BCUT2D eigenvalue weighted by Crippen LogP contribution is 2.29. The Morgan fingerprint density at radius 2 is 2.21 bits per heavy atom. The van der Waals surface area contributed by atoms with Gasteiger partial charge in [-0.05, 0) is 32.6 Å². The van der Waals surface area contributed by atoms with Gasteiger partial charge in [0, 0.05) is 30.2 Å². The first-order valence-corrected chi connectivity index (χ1v) is 9.09. The summed E-state index contributed by atoms with van der Waals surface area (Å²) in [4.78, 5) is 7.77. The number of sulfonamides is 1. The number of anilines is 1. The Hall–Kier alpha value is -0.660. The van der Waals surface area contributed by atoms with Gasteiger partial charge in [0.25, 0.3) is 0 Å². The summed E-state index contributed by atoms with van der Waals surface area (Å²) in [6, 6.07) is 0.0311. The van der Waals surface area contributed by atoms with Gasteiger partial charge >= 0.3 is 0 Å². The van der Waals surface area contributed by atoms with Crippen LogP contribution in [0.25, 0.3) is 0 Å². The minimum Gasteiger partial charge on any atom is -0.346 e. The van der Waals surface area contributed by atoms with E-state index in [1.54, 1.807) is 11.3 Å². The van der Waals surface area contributed by atoms with Crippen LogP contribution in [-0.2, 0) is 10.0 Å². The fourth-order valence-corrected chi connectivity index (χ4v) is 4.84. The molecule has 2 heterocycles. The topological polar surface area (TPSA) is 62.3 Å². The van der Waals surface area contributed by atoms with E-state index in [1.807, 2.05) is 13.1 Å². The number of piperidine rings is 1. The van der Waals surface area contributed by atoms with E-state index in [0.717, 1.165) is 43.9 Å². The van der Waals surface area contributed by atoms with E-state index < -0.39 is 10.0 Å². The van der Waals surface area contributed by atoms with Crippen LogP contribution in [0.3, 0.4) is 0 Å². The van der Waals surface area contributed by atoms with Crippen LogP contribution >= 0.6 is 11.3 Å². The smallest absolute Gasteiger partial charge is 0.214 e. The molecule has 0 spiro atoms. The van der Waals surface area contributed by atoms with Crippen molar-refractivity contribution in [3.8, 4) is 0 Å². The van der Waals surface area contributed by atoms with Gasteiger partial charge in [-0.25, -0.2) is 18.1 Å². The molecule has 0 radical (unpaired) electrons. The number of aryl methyl sites for hydroxylation is 1. The molecule has 2 aliphatic rings. The minimum absolute atomic E-state index is 0.0311. The largest absolute Gasteiger partial charge is 0.346 e. The Morgan fingerprint density at radius 1 is 1.42 bits per heavy atom. The summed E-state index contributed by atoms with van der Waals surface area (Å²) in [6.07, 6.45) is 5.44. The van der Waals surface area contributed by atoms with Gasteiger partial charge in [0.1, 0.15) is 0 Å². The second-order valence-corrected chi connectivity index (χ2v) is 8.61. The second kappa shape index (κ2) is 5.03. The Bertz CT molecular complexity index is 551. The molecule has 7 heteroatoms. The number of nitrogens with one attached hydrogen (secondary N) is 1. The molecule has 1 unspecified atom stereocenters. The van der Waals surface area contributed by atoms with Crippen LogP contribution in [0.4, 0.5) is 5.13 Å². The van der Waals surface area contributed by atoms with Crippen molar-refractivity contribution in [3.63, 3.8) is 0 Å². The quantitative estimate of drug-likeness (QED) is 0.915. The lowest BCUT2D eigenvalue weighted by molar-refractivity contribution is 0.465. The summed E-state index contributed by atoms with van der Waals surface area (Å²) < 4.78 is 26.8. The fraction of sp³-hybridized carbons (Fsp3) is 0.750. The van der Waals surface area contributed by atoms with Gasteiger partial charge in [0.15, 0.2) is 5.13 Å². The van der Waals surface area contributed by atoms with Gasteiger partial charge in [-0.3, -0.25) is 0 Å². The van der Waals surface area contributed by atoms with E-state index in [4.69, 9.17) is 0 Å². The zero-order chi connectivity index (χ0) is 13.5. The third-order valence-corrected chi connectivity index (χ3v) is 6.58. The molecule has 1 N–H and O–H groups in total. The van der Waals surface area contributed by atoms with Crippen LogP contribution in [-0.4, -0.2) is 37.8 Å². The molecule has 5 nitrogen and oxygen atoms in total. The predicted molar refractivity (Wildman–Crippen MR) is 77.2 cm³/mol. The zero-order valence-electron chi connectivity index (χ0n) is 11.0. The van der Waals surface area contributed by atoms with Crippen LogP contribution < -0.4 is 9.62 Å². The Labute approximate surface area is 118 Å². The molecule has 0 bridgehead atoms. The number of thiazole rings is 1. The summed E-state index contributed by atoms with van der Waals surface area (Å²) in [5, 5.41) is 0.873. The van der Waals surface area contributed by atoms with E-state index in [1.165, 1.54) is 4.88 Å². The van der Waals surface area contributed by atoms with E-state index in [0.29, 0.717) is 0 Å². The molecular weight excluding hydrogens is 282 g/mol. The van der Waals surface area contributed by atoms with Gasteiger partial charge in [-0.2, -0.15) is 0 Å². The minimum atomic E-state index is -3.08. The molecule has 19 heavy (non-hydrogen) atoms. The fourth-order valence-electron chi connectivity index (χ4n) is 2.44. The van der Waals surface area contributed by atoms with E-state index >= 15 is 0 Å². The summed E-state index contributed by atoms with van der Waals surface area (Å²) in [6.45, 7) is 3.74. The number of nitrogens with zero attached hydrogens (tertiary/aromatic N) is 2. The van der Waals surface area contributed by atoms with Crippen molar-refractivity contribution in [1.29, 1.82) is 0 Å². The Kier molecular flexibility index (Phi) is 3.53. The standard InChI is InChI=1S/C12H19N3O2S2/c1-9-7-13-12(18-9)15-6-2-3-10(8-15)14-19(16,17)11-4-5-11/h7,10-11,14H,2-6,8H2,1H3. The monoisotopic (exact) mass is 301 g/mol. The zero-order valence-corrected chi connectivity index (χ0v) is 12.6. The maximum Gasteiger partial charge on any atom is 0.214 e. The van der Waals surface area contributed by atoms with Crippen LogP contribution in [0, 0.1) is 6.92 Å². The average molecular weight is 301 g/mol. The van der Waals surface area contributed by atoms with E-state index in [9.17, 15) is 8.42 Å². The van der Waals surface area contributed by atoms with Crippen molar-refractivity contribution in [2.75, 3.05) is 18.0 Å². The van der Waals surface area contributed by atoms with Crippen LogP contribution in [0.5, 0.6) is 0 Å². The molecular formula is C12H19N3O2S2. The summed E-state index contributed by atoms with van der Waals surface area (Å²) in [5.41, 5.74) is 0. The molecule has 0 amide bonds. The van der Waals surface area contributed by atoms with Crippen molar-refractivity contribution < 1.29 is 8.42 Å². The lowest BCUT2D eigenvalue weighted by Crippen LogP contribution is -2.48. The van der Waals surface area contributed by atoms with Gasteiger partial charge < -0.3 is 4.90 Å². The highest BCUT2D eigenvalue weighted by Gasteiger charge is 2.37. The first-order chi connectivity index (χ1) is 9.04. The van der Waals surface area contributed by atoms with Crippen molar-refractivity contribution in [1.82, 2.24) is 9.71 Å². The van der Waals surface area contributed by atoms with Crippen molar-refractivity contribution in [3.05, 3.63) is 11.1 Å². The maximum absolute atomic E-state index is 12.0. The van der Waals surface area contributed by atoms with E-state index in [2.05, 4.69) is 14.6 Å². The highest BCUT2D eigenvalue weighted by atomic mass is 32.2. The van der Waals surface area contributed by atoms with Gasteiger partial charge in [-0.1, -0.05) is 0 Å². The molecule has 1 aliphatic carbocycles. The Balaban J connectivity index is 1.65. The third-order valence-electron chi connectivity index (χ3n) is 3.60. The molecule has 0 aromatic carbocycles. The number of hydrogen-bond acceptors (Lipinski definition) is 5. The van der Waals surface area contributed by atoms with Gasteiger partial charge in [0.05, 0.1) is 5.25 Å². The van der Waals surface area contributed by atoms with Crippen molar-refractivity contribution in [2.24, 2.45) is 0 Å². The first kappa shape index (κ1) is 13.3. The van der Waals surface area contributed by atoms with Crippen LogP contribution in [0.15, 0.2) is 6.20 Å². The molecule has 106 valence electrons. The lowest BCUT2D eigenvalue weighted by atomic mass is 10.1. The lowest BCUT2D eigenvalue weighted by Gasteiger charge is -2.32. The Morgan fingerprint density at radius 3 is 2.84 bits per heavy atom. The molecule has 1 saturated heterocycles. The number of aromatic nitrogens is 1. The SMILES string of the molecule is Cc1cnc(N2CCCC(NS(=O)(=O)C3CC3)C2)s1. The molecule has 1 aromatic heterocycles. The summed E-state index contributed by atoms with van der Waals surface area (Å²) in [5.74, 6) is 0. The maximum atomic E-state index is 12.0. The highest BCUT2D eigenvalue weighted by molar-refractivity contribution is 7.90. The molecule has 1 aliphatic heterocycles. The van der Waals surface area contributed by atoms with Crippen molar-refractivity contribution >= 4 is 26.5 Å². The third kappa shape index (κ3) is 3.09. The molecule has 1 aromatic rings. The second-order valence-electron chi connectivity index (χ2n) is 5.40. The predicted octanol–water partition coefficient (Wildman–Crippen LogP) is 1.50. The number of rotatable bonds is 4.